The summed E-state index contributed by atoms with van der Waals surface area (Å²) in [5.74, 6) is -0.990. The van der Waals surface area contributed by atoms with Crippen molar-refractivity contribution in [3.63, 3.8) is 0 Å². The molecule has 0 spiro atoms. The quantitative estimate of drug-likeness (QED) is 0.515. The van der Waals surface area contributed by atoms with Crippen molar-refractivity contribution in [1.29, 1.82) is 0 Å². The van der Waals surface area contributed by atoms with Crippen molar-refractivity contribution in [3.8, 4) is 0 Å². The van der Waals surface area contributed by atoms with Gasteiger partial charge in [0.25, 0.3) is 0 Å². The molecule has 0 radical (unpaired) electrons. The fraction of sp³-hybridized carbons (Fsp3) is 0.750. The Kier molecular flexibility index (Phi) is 5.12. The van der Waals surface area contributed by atoms with Crippen molar-refractivity contribution in [2.24, 2.45) is 0 Å². The van der Waals surface area contributed by atoms with Gasteiger partial charge in [-0.2, -0.15) is 0 Å². The Labute approximate surface area is 106 Å². The van der Waals surface area contributed by atoms with Crippen LogP contribution in [0, 0.1) is 0 Å². The average molecular weight is 258 g/mol. The van der Waals surface area contributed by atoms with Crippen molar-refractivity contribution >= 4 is 17.9 Å². The Hall–Kier alpha value is -1.59. The molecule has 0 aromatic rings. The molecule has 0 saturated carbocycles. The zero-order valence-corrected chi connectivity index (χ0v) is 10.8. The number of hydrogen-bond acceptors (Lipinski definition) is 6. The van der Waals surface area contributed by atoms with E-state index in [0.29, 0.717) is 6.42 Å². The molecule has 102 valence electrons. The molecule has 2 fully saturated rings. The fourth-order valence-electron chi connectivity index (χ4n) is 1.51. The summed E-state index contributed by atoms with van der Waals surface area (Å²) in [5.41, 5.74) is 0. The molecule has 6 nitrogen and oxygen atoms in total. The minimum atomic E-state index is -0.747. The van der Waals surface area contributed by atoms with Crippen molar-refractivity contribution < 1.29 is 28.6 Å². The van der Waals surface area contributed by atoms with Crippen LogP contribution in [0.3, 0.4) is 0 Å². The van der Waals surface area contributed by atoms with Crippen LogP contribution < -0.4 is 0 Å². The van der Waals surface area contributed by atoms with Crippen LogP contribution in [0.4, 0.5) is 0 Å². The van der Waals surface area contributed by atoms with Crippen molar-refractivity contribution in [2.75, 3.05) is 0 Å². The molecule has 3 unspecified atom stereocenters. The molecule has 0 bridgehead atoms. The Morgan fingerprint density at radius 2 is 1.50 bits per heavy atom. The summed E-state index contributed by atoms with van der Waals surface area (Å²) >= 11 is 0. The summed E-state index contributed by atoms with van der Waals surface area (Å²) in [7, 11) is 0. The maximum Gasteiger partial charge on any atom is 0.347 e. The second-order valence-electron chi connectivity index (χ2n) is 4.22. The molecule has 2 heterocycles. The molecule has 2 aliphatic heterocycles. The van der Waals surface area contributed by atoms with Crippen LogP contribution in [-0.2, 0) is 28.6 Å². The van der Waals surface area contributed by atoms with Crippen LogP contribution in [0.15, 0.2) is 0 Å². The van der Waals surface area contributed by atoms with E-state index in [9.17, 15) is 14.4 Å². The van der Waals surface area contributed by atoms with E-state index in [1.54, 1.807) is 0 Å². The predicted molar refractivity (Wildman–Crippen MR) is 60.5 cm³/mol. The van der Waals surface area contributed by atoms with E-state index in [4.69, 9.17) is 4.74 Å². The van der Waals surface area contributed by atoms with Gasteiger partial charge in [0.2, 0.25) is 0 Å². The number of cyclic esters (lactones) is 3. The van der Waals surface area contributed by atoms with Gasteiger partial charge in [-0.05, 0) is 26.7 Å². The molecule has 0 aromatic carbocycles. The average Bonchev–Trinajstić information content (AvgIpc) is 2.74. The van der Waals surface area contributed by atoms with Gasteiger partial charge in [-0.15, -0.1) is 0 Å². The van der Waals surface area contributed by atoms with Crippen LogP contribution in [0.2, 0.25) is 0 Å². The smallest absolute Gasteiger partial charge is 0.347 e. The number of carbonyl (C=O) groups is 3. The van der Waals surface area contributed by atoms with E-state index in [0.717, 1.165) is 12.8 Å². The van der Waals surface area contributed by atoms with E-state index in [2.05, 4.69) is 9.47 Å². The summed E-state index contributed by atoms with van der Waals surface area (Å²) in [6.07, 6.45) is 1.24. The third-order valence-electron chi connectivity index (χ3n) is 2.67. The SMILES string of the molecule is CC1OC(=O)C(C)OC1=O.CCC1CCC(=O)O1. The summed E-state index contributed by atoms with van der Waals surface area (Å²) in [6, 6.07) is 0. The Morgan fingerprint density at radius 1 is 1.00 bits per heavy atom. The lowest BCUT2D eigenvalue weighted by Crippen LogP contribution is -2.40. The summed E-state index contributed by atoms with van der Waals surface area (Å²) in [6.45, 7) is 4.99. The molecular formula is C12H18O6. The maximum absolute atomic E-state index is 10.7. The monoisotopic (exact) mass is 258 g/mol. The zero-order chi connectivity index (χ0) is 13.7. The molecule has 2 saturated heterocycles. The molecule has 3 atom stereocenters. The van der Waals surface area contributed by atoms with E-state index >= 15 is 0 Å². The van der Waals surface area contributed by atoms with Crippen molar-refractivity contribution in [2.45, 2.75) is 58.3 Å². The van der Waals surface area contributed by atoms with Gasteiger partial charge in [0.1, 0.15) is 6.10 Å². The molecular weight excluding hydrogens is 240 g/mol. The van der Waals surface area contributed by atoms with Gasteiger partial charge >= 0.3 is 17.9 Å². The third-order valence-corrected chi connectivity index (χ3v) is 2.67. The van der Waals surface area contributed by atoms with Gasteiger partial charge in [0, 0.05) is 6.42 Å². The standard InChI is InChI=1S/C6H8O4.C6H10O2/c1-3-5(7)10-4(2)6(8)9-3;1-2-5-3-4-6(7)8-5/h3-4H,1-2H3;5H,2-4H2,1H3. The lowest BCUT2D eigenvalue weighted by Gasteiger charge is -2.22. The Morgan fingerprint density at radius 3 is 1.78 bits per heavy atom. The van der Waals surface area contributed by atoms with Crippen LogP contribution in [0.5, 0.6) is 0 Å². The minimum Gasteiger partial charge on any atom is -0.462 e. The first-order valence-corrected chi connectivity index (χ1v) is 6.04. The van der Waals surface area contributed by atoms with E-state index in [1.165, 1.54) is 13.8 Å². The second-order valence-corrected chi connectivity index (χ2v) is 4.22. The van der Waals surface area contributed by atoms with Crippen LogP contribution in [-0.4, -0.2) is 36.2 Å². The van der Waals surface area contributed by atoms with Gasteiger partial charge in [0.15, 0.2) is 12.2 Å². The van der Waals surface area contributed by atoms with Crippen LogP contribution in [0.1, 0.15) is 40.0 Å². The maximum atomic E-state index is 10.7. The normalized spacial score (nSPS) is 30.8. The summed E-state index contributed by atoms with van der Waals surface area (Å²) in [5, 5.41) is 0. The van der Waals surface area contributed by atoms with Gasteiger partial charge < -0.3 is 14.2 Å². The number of ether oxygens (including phenoxy) is 3. The molecule has 6 heteroatoms. The predicted octanol–water partition coefficient (Wildman–Crippen LogP) is 0.965. The molecule has 0 amide bonds. The Bertz CT molecular complexity index is 317. The zero-order valence-electron chi connectivity index (χ0n) is 10.8. The summed E-state index contributed by atoms with van der Waals surface area (Å²) in [4.78, 5) is 31.7. The highest BCUT2D eigenvalue weighted by molar-refractivity contribution is 5.86. The van der Waals surface area contributed by atoms with Crippen LogP contribution >= 0.6 is 0 Å². The third kappa shape index (κ3) is 4.01. The molecule has 0 aromatic heterocycles. The van der Waals surface area contributed by atoms with E-state index in [-0.39, 0.29) is 12.1 Å². The number of rotatable bonds is 1. The van der Waals surface area contributed by atoms with Crippen LogP contribution in [0.25, 0.3) is 0 Å². The number of carbonyl (C=O) groups excluding carboxylic acids is 3. The van der Waals surface area contributed by atoms with Gasteiger partial charge in [-0.25, -0.2) is 9.59 Å². The minimum absolute atomic E-state index is 0.0307. The highest BCUT2D eigenvalue weighted by Gasteiger charge is 2.32. The van der Waals surface area contributed by atoms with E-state index in [1.807, 2.05) is 6.92 Å². The molecule has 2 aliphatic rings. The molecule has 0 aliphatic carbocycles. The Balaban J connectivity index is 0.000000184. The van der Waals surface area contributed by atoms with Gasteiger partial charge in [0.05, 0.1) is 0 Å². The lowest BCUT2D eigenvalue weighted by atomic mass is 10.2. The van der Waals surface area contributed by atoms with Gasteiger partial charge in [-0.1, -0.05) is 6.92 Å². The largest absolute Gasteiger partial charge is 0.462 e. The number of esters is 3. The summed E-state index contributed by atoms with van der Waals surface area (Å²) < 4.78 is 14.1. The molecule has 2 rings (SSSR count). The first kappa shape index (κ1) is 14.5. The highest BCUT2D eigenvalue weighted by Crippen LogP contribution is 2.15. The second kappa shape index (κ2) is 6.37. The highest BCUT2D eigenvalue weighted by atomic mass is 16.6. The fourth-order valence-corrected chi connectivity index (χ4v) is 1.51. The molecule has 18 heavy (non-hydrogen) atoms. The van der Waals surface area contributed by atoms with Crippen molar-refractivity contribution in [3.05, 3.63) is 0 Å². The number of hydrogen-bond donors (Lipinski definition) is 0. The van der Waals surface area contributed by atoms with Gasteiger partial charge in [-0.3, -0.25) is 4.79 Å². The first-order valence-electron chi connectivity index (χ1n) is 6.04. The van der Waals surface area contributed by atoms with E-state index < -0.39 is 24.1 Å². The molecule has 0 N–H and O–H groups in total. The first-order chi connectivity index (χ1) is 8.43. The topological polar surface area (TPSA) is 78.9 Å². The van der Waals surface area contributed by atoms with Crippen molar-refractivity contribution in [1.82, 2.24) is 0 Å². The lowest BCUT2D eigenvalue weighted by molar-refractivity contribution is -0.191.